The Morgan fingerprint density at radius 2 is 1.68 bits per heavy atom. The van der Waals surface area contributed by atoms with Crippen LogP contribution in [0.2, 0.25) is 0 Å². The molecule has 1 fully saturated rings. The molecular weight excluding hydrogens is 310 g/mol. The van der Waals surface area contributed by atoms with E-state index >= 15 is 0 Å². The zero-order chi connectivity index (χ0) is 14.7. The molecular formula is C11H22ClNO4S2. The first-order valence-electron chi connectivity index (χ1n) is 6.33. The molecule has 5 nitrogen and oxygen atoms in total. The molecule has 0 aliphatic heterocycles. The van der Waals surface area contributed by atoms with Crippen LogP contribution in [0.3, 0.4) is 0 Å². The molecule has 1 aliphatic carbocycles. The van der Waals surface area contributed by atoms with Crippen molar-refractivity contribution in [2.45, 2.75) is 38.1 Å². The molecule has 0 spiro atoms. The second kappa shape index (κ2) is 6.28. The van der Waals surface area contributed by atoms with Crippen LogP contribution in [-0.2, 0) is 19.9 Å². The molecule has 114 valence electrons. The third-order valence-electron chi connectivity index (χ3n) is 3.58. The fourth-order valence-corrected chi connectivity index (χ4v) is 5.76. The van der Waals surface area contributed by atoms with Gasteiger partial charge < -0.3 is 0 Å². The summed E-state index contributed by atoms with van der Waals surface area (Å²) < 4.78 is 48.6. The molecule has 0 aromatic carbocycles. The van der Waals surface area contributed by atoms with Crippen molar-refractivity contribution in [3.05, 3.63) is 0 Å². The maximum atomic E-state index is 12.0. The van der Waals surface area contributed by atoms with E-state index in [2.05, 4.69) is 11.6 Å². The van der Waals surface area contributed by atoms with E-state index in [9.17, 15) is 16.8 Å². The van der Waals surface area contributed by atoms with Gasteiger partial charge in [0.05, 0.1) is 11.5 Å². The van der Waals surface area contributed by atoms with Crippen molar-refractivity contribution in [3.8, 4) is 0 Å². The Hall–Kier alpha value is 0.150. The van der Waals surface area contributed by atoms with Crippen LogP contribution in [0.1, 0.15) is 32.6 Å². The van der Waals surface area contributed by atoms with E-state index in [1.165, 1.54) is 0 Å². The third-order valence-corrected chi connectivity index (χ3v) is 6.78. The highest BCUT2D eigenvalue weighted by atomic mass is 35.5. The molecule has 0 unspecified atom stereocenters. The Balaban J connectivity index is 2.69. The first-order valence-corrected chi connectivity index (χ1v) is 10.6. The number of nitrogens with one attached hydrogen (secondary N) is 1. The van der Waals surface area contributed by atoms with Crippen LogP contribution >= 0.6 is 11.6 Å². The fourth-order valence-electron chi connectivity index (χ4n) is 2.22. The molecule has 1 saturated carbocycles. The van der Waals surface area contributed by atoms with Crippen LogP contribution in [0.15, 0.2) is 0 Å². The van der Waals surface area contributed by atoms with E-state index in [0.29, 0.717) is 18.8 Å². The van der Waals surface area contributed by atoms with Crippen LogP contribution in [0.25, 0.3) is 0 Å². The Morgan fingerprint density at radius 3 is 2.11 bits per heavy atom. The van der Waals surface area contributed by atoms with Crippen molar-refractivity contribution in [1.82, 2.24) is 4.72 Å². The van der Waals surface area contributed by atoms with Crippen molar-refractivity contribution in [2.75, 3.05) is 23.6 Å². The molecule has 0 heterocycles. The Labute approximate surface area is 121 Å². The summed E-state index contributed by atoms with van der Waals surface area (Å²) >= 11 is 5.94. The van der Waals surface area contributed by atoms with Gasteiger partial charge in [-0.3, -0.25) is 0 Å². The summed E-state index contributed by atoms with van der Waals surface area (Å²) in [7, 11) is -6.90. The van der Waals surface area contributed by atoms with Gasteiger partial charge in [-0.25, -0.2) is 21.6 Å². The minimum Gasteiger partial charge on any atom is -0.229 e. The molecule has 0 atom stereocenters. The van der Waals surface area contributed by atoms with Gasteiger partial charge in [0.15, 0.2) is 0 Å². The van der Waals surface area contributed by atoms with E-state index in [0.717, 1.165) is 19.1 Å². The standard InChI is InChI=1S/C11H22ClNO4S2/c1-10-3-5-11(9-12,6-4-10)13-19(16,17)8-7-18(2,14)15/h10,13H,3-9H2,1-2H3. The average Bonchev–Trinajstić information content (AvgIpc) is 2.29. The highest BCUT2D eigenvalue weighted by molar-refractivity contribution is 7.93. The Bertz CT molecular complexity index is 493. The number of hydrogen-bond donors (Lipinski definition) is 1. The van der Waals surface area contributed by atoms with Gasteiger partial charge in [0.25, 0.3) is 0 Å². The maximum absolute atomic E-state index is 12.0. The quantitative estimate of drug-likeness (QED) is 0.740. The Morgan fingerprint density at radius 1 is 1.16 bits per heavy atom. The third kappa shape index (κ3) is 5.97. The number of alkyl halides is 1. The van der Waals surface area contributed by atoms with Gasteiger partial charge in [0.1, 0.15) is 9.84 Å². The molecule has 8 heteroatoms. The summed E-state index contributed by atoms with van der Waals surface area (Å²) in [4.78, 5) is 0. The van der Waals surface area contributed by atoms with Gasteiger partial charge in [-0.05, 0) is 31.6 Å². The van der Waals surface area contributed by atoms with Crippen LogP contribution in [0.5, 0.6) is 0 Å². The first kappa shape index (κ1) is 17.2. The summed E-state index contributed by atoms with van der Waals surface area (Å²) in [6, 6.07) is 0. The molecule has 0 radical (unpaired) electrons. The van der Waals surface area contributed by atoms with Crippen LogP contribution < -0.4 is 4.72 Å². The predicted molar refractivity (Wildman–Crippen MR) is 77.7 cm³/mol. The lowest BCUT2D eigenvalue weighted by Crippen LogP contribution is -2.53. The van der Waals surface area contributed by atoms with Gasteiger partial charge in [0.2, 0.25) is 10.0 Å². The molecule has 0 saturated heterocycles. The minimum atomic E-state index is -3.62. The highest BCUT2D eigenvalue weighted by Crippen LogP contribution is 2.33. The van der Waals surface area contributed by atoms with Crippen molar-refractivity contribution in [2.24, 2.45) is 5.92 Å². The molecule has 0 bridgehead atoms. The van der Waals surface area contributed by atoms with E-state index in [-0.39, 0.29) is 11.6 Å². The van der Waals surface area contributed by atoms with E-state index in [1.807, 2.05) is 0 Å². The average molecular weight is 332 g/mol. The lowest BCUT2D eigenvalue weighted by atomic mass is 9.79. The van der Waals surface area contributed by atoms with Crippen LogP contribution in [-0.4, -0.2) is 46.0 Å². The molecule has 0 aromatic rings. The molecule has 1 aliphatic rings. The van der Waals surface area contributed by atoms with Gasteiger partial charge in [0, 0.05) is 17.7 Å². The van der Waals surface area contributed by atoms with E-state index in [4.69, 9.17) is 11.6 Å². The first-order chi connectivity index (χ1) is 8.58. The topological polar surface area (TPSA) is 80.3 Å². The normalized spacial score (nSPS) is 29.3. The number of sulfonamides is 1. The zero-order valence-corrected chi connectivity index (χ0v) is 13.7. The number of hydrogen-bond acceptors (Lipinski definition) is 4. The van der Waals surface area contributed by atoms with Crippen molar-refractivity contribution < 1.29 is 16.8 Å². The summed E-state index contributed by atoms with van der Waals surface area (Å²) in [6.07, 6.45) is 4.30. The van der Waals surface area contributed by atoms with E-state index in [1.54, 1.807) is 0 Å². The van der Waals surface area contributed by atoms with Crippen molar-refractivity contribution >= 4 is 31.5 Å². The van der Waals surface area contributed by atoms with Gasteiger partial charge in [-0.1, -0.05) is 6.92 Å². The van der Waals surface area contributed by atoms with Gasteiger partial charge in [-0.15, -0.1) is 11.6 Å². The monoisotopic (exact) mass is 331 g/mol. The predicted octanol–water partition coefficient (Wildman–Crippen LogP) is 1.14. The second-order valence-electron chi connectivity index (χ2n) is 5.65. The molecule has 1 N–H and O–H groups in total. The summed E-state index contributed by atoms with van der Waals surface area (Å²) in [5.74, 6) is 0.0338. The largest absolute Gasteiger partial charge is 0.229 e. The SMILES string of the molecule is CC1CCC(CCl)(NS(=O)(=O)CCS(C)(=O)=O)CC1. The van der Waals surface area contributed by atoms with E-state index < -0.39 is 31.2 Å². The molecule has 0 aromatic heterocycles. The lowest BCUT2D eigenvalue weighted by molar-refractivity contribution is 0.247. The molecule has 0 amide bonds. The zero-order valence-electron chi connectivity index (χ0n) is 11.4. The van der Waals surface area contributed by atoms with Crippen LogP contribution in [0.4, 0.5) is 0 Å². The second-order valence-corrected chi connectivity index (χ2v) is 10.0. The van der Waals surface area contributed by atoms with Crippen LogP contribution in [0, 0.1) is 5.92 Å². The van der Waals surface area contributed by atoms with Gasteiger partial charge in [-0.2, -0.15) is 0 Å². The maximum Gasteiger partial charge on any atom is 0.213 e. The molecule has 19 heavy (non-hydrogen) atoms. The van der Waals surface area contributed by atoms with Gasteiger partial charge >= 0.3 is 0 Å². The summed E-state index contributed by atoms with van der Waals surface area (Å²) in [5, 5.41) is 0. The molecule has 1 rings (SSSR count). The number of rotatable bonds is 6. The number of sulfone groups is 1. The fraction of sp³-hybridized carbons (Fsp3) is 1.00. The summed E-state index contributed by atoms with van der Waals surface area (Å²) in [6.45, 7) is 2.14. The van der Waals surface area contributed by atoms with Crippen molar-refractivity contribution in [1.29, 1.82) is 0 Å². The van der Waals surface area contributed by atoms with Crippen molar-refractivity contribution in [3.63, 3.8) is 0 Å². The smallest absolute Gasteiger partial charge is 0.213 e. The lowest BCUT2D eigenvalue weighted by Gasteiger charge is -2.38. The minimum absolute atomic E-state index is 0.220. The number of halogens is 1. The Kier molecular flexibility index (Phi) is 5.69. The highest BCUT2D eigenvalue weighted by Gasteiger charge is 2.37. The summed E-state index contributed by atoms with van der Waals surface area (Å²) in [5.41, 5.74) is -0.607.